The number of rotatable bonds is 9. The standard InChI is InChI=1S/C18H20F3NO5/c1-2-3-5-11-8-12(13-10-14(13)17(23)24)9-15(22(25)26)16(11)27-7-4-6-18(19,20)21/h2-3,8-9,13-14H,4-7,10H2,1H3,(H,23,24). The van der Waals surface area contributed by atoms with Crippen LogP contribution in [0.15, 0.2) is 24.3 Å². The lowest BCUT2D eigenvalue weighted by molar-refractivity contribution is -0.386. The Kier molecular flexibility index (Phi) is 6.45. The molecule has 2 unspecified atom stereocenters. The molecule has 0 amide bonds. The molecule has 0 bridgehead atoms. The normalized spacial score (nSPS) is 19.3. The van der Waals surface area contributed by atoms with Gasteiger partial charge in [0.1, 0.15) is 0 Å². The van der Waals surface area contributed by atoms with Crippen LogP contribution in [0.5, 0.6) is 5.75 Å². The summed E-state index contributed by atoms with van der Waals surface area (Å²) in [7, 11) is 0. The van der Waals surface area contributed by atoms with Gasteiger partial charge in [-0.2, -0.15) is 13.2 Å². The Balaban J connectivity index is 2.29. The highest BCUT2D eigenvalue weighted by Crippen LogP contribution is 2.50. The van der Waals surface area contributed by atoms with E-state index in [9.17, 15) is 28.1 Å². The highest BCUT2D eigenvalue weighted by Gasteiger charge is 2.45. The summed E-state index contributed by atoms with van der Waals surface area (Å²) in [6, 6.07) is 2.92. The fourth-order valence-electron chi connectivity index (χ4n) is 2.89. The molecule has 9 heteroatoms. The van der Waals surface area contributed by atoms with Crippen molar-refractivity contribution >= 4 is 11.7 Å². The second-order valence-corrected chi connectivity index (χ2v) is 6.41. The number of halogens is 3. The van der Waals surface area contributed by atoms with Crippen LogP contribution in [-0.2, 0) is 11.2 Å². The minimum absolute atomic E-state index is 0.0588. The van der Waals surface area contributed by atoms with Crippen LogP contribution in [0.2, 0.25) is 0 Å². The van der Waals surface area contributed by atoms with E-state index in [4.69, 9.17) is 9.84 Å². The molecular formula is C18H20F3NO5. The van der Waals surface area contributed by atoms with Crippen LogP contribution in [0.25, 0.3) is 0 Å². The molecule has 2 rings (SSSR count). The summed E-state index contributed by atoms with van der Waals surface area (Å²) < 4.78 is 42.2. The third-order valence-electron chi connectivity index (χ3n) is 4.33. The van der Waals surface area contributed by atoms with Gasteiger partial charge in [0.05, 0.1) is 17.4 Å². The molecule has 1 saturated carbocycles. The van der Waals surface area contributed by atoms with Gasteiger partial charge >= 0.3 is 17.8 Å². The lowest BCUT2D eigenvalue weighted by Crippen LogP contribution is -2.11. The Morgan fingerprint density at radius 2 is 2.15 bits per heavy atom. The monoisotopic (exact) mass is 387 g/mol. The zero-order valence-electron chi connectivity index (χ0n) is 14.7. The average molecular weight is 387 g/mol. The number of nitro benzene ring substituents is 1. The lowest BCUT2D eigenvalue weighted by Gasteiger charge is -2.14. The van der Waals surface area contributed by atoms with E-state index in [1.54, 1.807) is 25.1 Å². The number of ether oxygens (including phenoxy) is 1. The third kappa shape index (κ3) is 5.70. The van der Waals surface area contributed by atoms with Crippen molar-refractivity contribution in [3.63, 3.8) is 0 Å². The van der Waals surface area contributed by atoms with Crippen LogP contribution in [0.3, 0.4) is 0 Å². The largest absolute Gasteiger partial charge is 0.487 e. The van der Waals surface area contributed by atoms with Crippen molar-refractivity contribution in [2.75, 3.05) is 6.61 Å². The minimum Gasteiger partial charge on any atom is -0.487 e. The molecule has 148 valence electrons. The number of alkyl halides is 3. The summed E-state index contributed by atoms with van der Waals surface area (Å²) in [6.45, 7) is 1.47. The van der Waals surface area contributed by atoms with E-state index >= 15 is 0 Å². The van der Waals surface area contributed by atoms with E-state index in [2.05, 4.69) is 0 Å². The van der Waals surface area contributed by atoms with Gasteiger partial charge in [-0.15, -0.1) is 0 Å². The molecule has 27 heavy (non-hydrogen) atoms. The summed E-state index contributed by atoms with van der Waals surface area (Å²) in [5, 5.41) is 20.5. The zero-order valence-corrected chi connectivity index (χ0v) is 14.7. The van der Waals surface area contributed by atoms with Gasteiger partial charge in [0, 0.05) is 18.1 Å². The fourth-order valence-corrected chi connectivity index (χ4v) is 2.89. The van der Waals surface area contributed by atoms with Crippen molar-refractivity contribution in [2.45, 2.75) is 44.7 Å². The van der Waals surface area contributed by atoms with Gasteiger partial charge in [0.2, 0.25) is 5.75 Å². The van der Waals surface area contributed by atoms with Gasteiger partial charge in [-0.1, -0.05) is 18.2 Å². The Hall–Kier alpha value is -2.58. The molecule has 1 N–H and O–H groups in total. The summed E-state index contributed by atoms with van der Waals surface area (Å²) in [5.41, 5.74) is 0.645. The predicted octanol–water partition coefficient (Wildman–Crippen LogP) is 4.62. The second-order valence-electron chi connectivity index (χ2n) is 6.41. The molecular weight excluding hydrogens is 367 g/mol. The molecule has 0 heterocycles. The maximum Gasteiger partial charge on any atom is 0.389 e. The van der Waals surface area contributed by atoms with Crippen molar-refractivity contribution in [3.8, 4) is 5.75 Å². The number of carboxylic acids is 1. The van der Waals surface area contributed by atoms with Gasteiger partial charge in [0.15, 0.2) is 0 Å². The lowest BCUT2D eigenvalue weighted by atomic mass is 10.0. The van der Waals surface area contributed by atoms with Gasteiger partial charge in [-0.25, -0.2) is 0 Å². The van der Waals surface area contributed by atoms with Gasteiger partial charge in [-0.05, 0) is 37.7 Å². The molecule has 0 saturated heterocycles. The molecule has 1 aromatic rings. The van der Waals surface area contributed by atoms with Crippen molar-refractivity contribution in [2.24, 2.45) is 5.92 Å². The molecule has 1 fully saturated rings. The first kappa shape index (κ1) is 20.7. The van der Waals surface area contributed by atoms with Crippen LogP contribution in [0, 0.1) is 16.0 Å². The number of benzene rings is 1. The topological polar surface area (TPSA) is 89.7 Å². The third-order valence-corrected chi connectivity index (χ3v) is 4.33. The van der Waals surface area contributed by atoms with Crippen LogP contribution < -0.4 is 4.74 Å². The molecule has 0 aliphatic heterocycles. The number of hydrogen-bond donors (Lipinski definition) is 1. The minimum atomic E-state index is -4.31. The molecule has 1 aliphatic carbocycles. The molecule has 1 aliphatic rings. The molecule has 0 radical (unpaired) electrons. The van der Waals surface area contributed by atoms with Crippen LogP contribution in [0.1, 0.15) is 43.2 Å². The van der Waals surface area contributed by atoms with Crippen molar-refractivity contribution < 1.29 is 32.7 Å². The van der Waals surface area contributed by atoms with E-state index in [1.807, 2.05) is 0 Å². The molecule has 0 spiro atoms. The van der Waals surface area contributed by atoms with Crippen molar-refractivity contribution in [1.29, 1.82) is 0 Å². The number of aliphatic carboxylic acids is 1. The van der Waals surface area contributed by atoms with Crippen LogP contribution >= 0.6 is 0 Å². The Labute approximate surface area is 153 Å². The maximum absolute atomic E-state index is 12.3. The number of nitro groups is 1. The summed E-state index contributed by atoms with van der Waals surface area (Å²) in [4.78, 5) is 21.9. The van der Waals surface area contributed by atoms with E-state index in [1.165, 1.54) is 6.07 Å². The van der Waals surface area contributed by atoms with Gasteiger partial charge in [0.25, 0.3) is 0 Å². The van der Waals surface area contributed by atoms with E-state index in [-0.39, 0.29) is 30.4 Å². The zero-order chi connectivity index (χ0) is 20.2. The maximum atomic E-state index is 12.3. The van der Waals surface area contributed by atoms with Crippen LogP contribution in [-0.4, -0.2) is 28.8 Å². The SMILES string of the molecule is CC=CCc1cc(C2CC2C(=O)O)cc([N+](=O)[O-])c1OCCCC(F)(F)F. The average Bonchev–Trinajstić information content (AvgIpc) is 3.36. The number of allylic oxidation sites excluding steroid dienone is 2. The van der Waals surface area contributed by atoms with E-state index < -0.39 is 29.4 Å². The molecule has 0 aromatic heterocycles. The Morgan fingerprint density at radius 1 is 1.44 bits per heavy atom. The molecule has 6 nitrogen and oxygen atoms in total. The Bertz CT molecular complexity index is 745. The fraction of sp³-hybridized carbons (Fsp3) is 0.500. The van der Waals surface area contributed by atoms with Crippen molar-refractivity contribution in [3.05, 3.63) is 45.5 Å². The number of nitrogens with zero attached hydrogens (tertiary/aromatic N) is 1. The smallest absolute Gasteiger partial charge is 0.389 e. The number of carboxylic acid groups (broad SMARTS) is 1. The number of carbonyl (C=O) groups is 1. The van der Waals surface area contributed by atoms with Gasteiger partial charge in [-0.3, -0.25) is 14.9 Å². The highest BCUT2D eigenvalue weighted by atomic mass is 19.4. The van der Waals surface area contributed by atoms with E-state index in [0.717, 1.165) is 0 Å². The first-order valence-electron chi connectivity index (χ1n) is 8.48. The summed E-state index contributed by atoms with van der Waals surface area (Å²) in [5.74, 6) is -1.88. The van der Waals surface area contributed by atoms with Gasteiger partial charge < -0.3 is 9.84 Å². The predicted molar refractivity (Wildman–Crippen MR) is 90.9 cm³/mol. The summed E-state index contributed by atoms with van der Waals surface area (Å²) >= 11 is 0. The molecule has 1 aromatic carbocycles. The quantitative estimate of drug-likeness (QED) is 0.289. The van der Waals surface area contributed by atoms with Crippen LogP contribution in [0.4, 0.5) is 18.9 Å². The highest BCUT2D eigenvalue weighted by molar-refractivity contribution is 5.75. The first-order chi connectivity index (χ1) is 12.6. The second kappa shape index (κ2) is 8.41. The summed E-state index contributed by atoms with van der Waals surface area (Å²) in [6.07, 6.45) is -1.48. The first-order valence-corrected chi connectivity index (χ1v) is 8.48. The van der Waals surface area contributed by atoms with Crippen molar-refractivity contribution in [1.82, 2.24) is 0 Å². The number of hydrogen-bond acceptors (Lipinski definition) is 4. The van der Waals surface area contributed by atoms with E-state index in [0.29, 0.717) is 24.0 Å². The Morgan fingerprint density at radius 3 is 2.67 bits per heavy atom. The molecule has 2 atom stereocenters.